The van der Waals surface area contributed by atoms with Gasteiger partial charge in [0.15, 0.2) is 0 Å². The zero-order valence-corrected chi connectivity index (χ0v) is 12.3. The third kappa shape index (κ3) is 3.89. The molecule has 7 heteroatoms. The van der Waals surface area contributed by atoms with Crippen LogP contribution >= 0.6 is 11.3 Å². The Kier molecular flexibility index (Phi) is 4.73. The fourth-order valence-electron chi connectivity index (χ4n) is 1.61. The molecule has 2 rings (SSSR count). The number of sulfonamides is 1. The van der Waals surface area contributed by atoms with Crippen molar-refractivity contribution in [3.8, 4) is 0 Å². The highest BCUT2D eigenvalue weighted by atomic mass is 32.2. The van der Waals surface area contributed by atoms with E-state index in [0.717, 1.165) is 23.3 Å². The van der Waals surface area contributed by atoms with Crippen LogP contribution in [0.1, 0.15) is 23.8 Å². The summed E-state index contributed by atoms with van der Waals surface area (Å²) in [5.41, 5.74) is 0.976. The van der Waals surface area contributed by atoms with E-state index in [9.17, 15) is 8.42 Å². The molecule has 0 aromatic carbocycles. The van der Waals surface area contributed by atoms with E-state index in [1.165, 1.54) is 11.3 Å². The molecular weight excluding hydrogens is 284 g/mol. The lowest BCUT2D eigenvalue weighted by molar-refractivity contribution is 0.418. The topological polar surface area (TPSA) is 72.2 Å². The molecule has 0 saturated heterocycles. The van der Waals surface area contributed by atoms with E-state index in [0.29, 0.717) is 17.2 Å². The molecule has 0 atom stereocenters. The molecule has 104 valence electrons. The largest absolute Gasteiger partial charge is 0.364 e. The van der Waals surface area contributed by atoms with Crippen LogP contribution in [0.25, 0.3) is 0 Å². The summed E-state index contributed by atoms with van der Waals surface area (Å²) in [5.74, 6) is 0. The summed E-state index contributed by atoms with van der Waals surface area (Å²) >= 11 is 1.32. The second kappa shape index (κ2) is 6.31. The quantitative estimate of drug-likeness (QED) is 0.796. The highest BCUT2D eigenvalue weighted by molar-refractivity contribution is 7.91. The molecule has 0 radical (unpaired) electrons. The molecule has 0 saturated carbocycles. The van der Waals surface area contributed by atoms with Gasteiger partial charge in [-0.2, -0.15) is 0 Å². The van der Waals surface area contributed by atoms with Crippen LogP contribution in [0.15, 0.2) is 33.3 Å². The van der Waals surface area contributed by atoms with Gasteiger partial charge in [0.2, 0.25) is 10.0 Å². The highest BCUT2D eigenvalue weighted by Crippen LogP contribution is 2.21. The van der Waals surface area contributed by atoms with Crippen molar-refractivity contribution >= 4 is 21.4 Å². The second-order valence-corrected chi connectivity index (χ2v) is 7.27. The summed E-state index contributed by atoms with van der Waals surface area (Å²) in [6, 6.07) is 3.52. The maximum Gasteiger partial charge on any atom is 0.250 e. The smallest absolute Gasteiger partial charge is 0.250 e. The number of aryl methyl sites for hydroxylation is 2. The summed E-state index contributed by atoms with van der Waals surface area (Å²) in [4.78, 5) is 1.07. The lowest BCUT2D eigenvalue weighted by Crippen LogP contribution is -2.24. The van der Waals surface area contributed by atoms with Gasteiger partial charge < -0.3 is 4.52 Å². The Morgan fingerprint density at radius 3 is 2.89 bits per heavy atom. The summed E-state index contributed by atoms with van der Waals surface area (Å²) in [6.45, 7) is 2.42. The molecule has 0 spiro atoms. The van der Waals surface area contributed by atoms with Crippen molar-refractivity contribution in [3.05, 3.63) is 35.0 Å². The number of aromatic nitrogens is 1. The number of nitrogens with one attached hydrogen (secondary N) is 1. The molecule has 5 nitrogen and oxygen atoms in total. The Morgan fingerprint density at radius 2 is 2.26 bits per heavy atom. The molecule has 1 N–H and O–H groups in total. The van der Waals surface area contributed by atoms with Gasteiger partial charge in [-0.05, 0) is 31.4 Å². The van der Waals surface area contributed by atoms with Crippen molar-refractivity contribution in [2.24, 2.45) is 0 Å². The van der Waals surface area contributed by atoms with Gasteiger partial charge in [0.1, 0.15) is 10.5 Å². The number of hydrogen-bond donors (Lipinski definition) is 1. The Labute approximate surface area is 116 Å². The van der Waals surface area contributed by atoms with Crippen LogP contribution in [0.2, 0.25) is 0 Å². The number of hydrogen-bond acceptors (Lipinski definition) is 5. The van der Waals surface area contributed by atoms with Crippen molar-refractivity contribution in [1.82, 2.24) is 9.88 Å². The number of rotatable bonds is 7. The predicted molar refractivity (Wildman–Crippen MR) is 73.7 cm³/mol. The Hall–Kier alpha value is -1.18. The normalized spacial score (nSPS) is 11.8. The standard InChI is InChI=1S/C12H16N2O3S2/c1-2-11-5-6-12(18-11)19(15,16)14-7-3-4-10-8-13-17-9-10/h5-6,8-9,14H,2-4,7H2,1H3. The molecule has 0 unspecified atom stereocenters. The van der Waals surface area contributed by atoms with Crippen LogP contribution < -0.4 is 4.72 Å². The minimum atomic E-state index is -3.36. The molecule has 0 aliphatic rings. The average Bonchev–Trinajstić information content (AvgIpc) is 3.05. The van der Waals surface area contributed by atoms with Crippen molar-refractivity contribution in [1.29, 1.82) is 0 Å². The van der Waals surface area contributed by atoms with Gasteiger partial charge in [-0.3, -0.25) is 0 Å². The zero-order chi connectivity index (χ0) is 13.7. The van der Waals surface area contributed by atoms with Gasteiger partial charge in [0.05, 0.1) is 6.20 Å². The predicted octanol–water partition coefficient (Wildman–Crippen LogP) is 2.21. The lowest BCUT2D eigenvalue weighted by Gasteiger charge is -2.03. The van der Waals surface area contributed by atoms with Crippen molar-refractivity contribution in [3.63, 3.8) is 0 Å². The molecule has 2 heterocycles. The first kappa shape index (κ1) is 14.2. The minimum Gasteiger partial charge on any atom is -0.364 e. The molecule has 0 fully saturated rings. The van der Waals surface area contributed by atoms with Crippen LogP contribution in [0.5, 0.6) is 0 Å². The van der Waals surface area contributed by atoms with E-state index < -0.39 is 10.0 Å². The van der Waals surface area contributed by atoms with Crippen LogP contribution in [0.4, 0.5) is 0 Å². The van der Waals surface area contributed by atoms with E-state index in [1.807, 2.05) is 13.0 Å². The van der Waals surface area contributed by atoms with E-state index in [4.69, 9.17) is 4.52 Å². The van der Waals surface area contributed by atoms with Crippen LogP contribution in [0, 0.1) is 0 Å². The first-order valence-electron chi connectivity index (χ1n) is 6.08. The SMILES string of the molecule is CCc1ccc(S(=O)(=O)NCCCc2cnoc2)s1. The van der Waals surface area contributed by atoms with E-state index in [-0.39, 0.29) is 0 Å². The third-order valence-electron chi connectivity index (χ3n) is 2.67. The molecule has 0 bridgehead atoms. The lowest BCUT2D eigenvalue weighted by atomic mass is 10.2. The van der Waals surface area contributed by atoms with Gasteiger partial charge in [-0.25, -0.2) is 13.1 Å². The van der Waals surface area contributed by atoms with Gasteiger partial charge in [0, 0.05) is 17.0 Å². The molecule has 0 amide bonds. The summed E-state index contributed by atoms with van der Waals surface area (Å²) in [7, 11) is -3.36. The maximum absolute atomic E-state index is 12.0. The van der Waals surface area contributed by atoms with Crippen molar-refractivity contribution in [2.45, 2.75) is 30.4 Å². The monoisotopic (exact) mass is 300 g/mol. The third-order valence-corrected chi connectivity index (χ3v) is 5.85. The van der Waals surface area contributed by atoms with Gasteiger partial charge in [-0.15, -0.1) is 11.3 Å². The first-order valence-corrected chi connectivity index (χ1v) is 8.38. The highest BCUT2D eigenvalue weighted by Gasteiger charge is 2.15. The molecule has 2 aromatic heterocycles. The average molecular weight is 300 g/mol. The fourth-order valence-corrected chi connectivity index (χ4v) is 4.03. The van der Waals surface area contributed by atoms with Gasteiger partial charge in [-0.1, -0.05) is 12.1 Å². The van der Waals surface area contributed by atoms with E-state index >= 15 is 0 Å². The Balaban J connectivity index is 1.84. The second-order valence-electron chi connectivity index (χ2n) is 4.11. The first-order chi connectivity index (χ1) is 9.12. The molecule has 19 heavy (non-hydrogen) atoms. The molecular formula is C12H16N2O3S2. The Bertz CT molecular complexity index is 603. The molecule has 0 aliphatic carbocycles. The fraction of sp³-hybridized carbons (Fsp3) is 0.417. The van der Waals surface area contributed by atoms with Gasteiger partial charge >= 0.3 is 0 Å². The Morgan fingerprint density at radius 1 is 1.42 bits per heavy atom. The maximum atomic E-state index is 12.0. The van der Waals surface area contributed by atoms with Gasteiger partial charge in [0.25, 0.3) is 0 Å². The van der Waals surface area contributed by atoms with E-state index in [2.05, 4.69) is 9.88 Å². The molecule has 2 aromatic rings. The van der Waals surface area contributed by atoms with Crippen LogP contribution in [-0.2, 0) is 22.9 Å². The number of nitrogens with zero attached hydrogens (tertiary/aromatic N) is 1. The van der Waals surface area contributed by atoms with Crippen LogP contribution in [0.3, 0.4) is 0 Å². The summed E-state index contributed by atoms with van der Waals surface area (Å²) in [6.07, 6.45) is 5.53. The summed E-state index contributed by atoms with van der Waals surface area (Å²) < 4.78 is 31.7. The van der Waals surface area contributed by atoms with Crippen molar-refractivity contribution < 1.29 is 12.9 Å². The minimum absolute atomic E-state index is 0.384. The van der Waals surface area contributed by atoms with Crippen molar-refractivity contribution in [2.75, 3.05) is 6.54 Å². The van der Waals surface area contributed by atoms with Crippen LogP contribution in [-0.4, -0.2) is 20.1 Å². The number of thiophene rings is 1. The van der Waals surface area contributed by atoms with E-state index in [1.54, 1.807) is 18.5 Å². The molecule has 0 aliphatic heterocycles. The zero-order valence-electron chi connectivity index (χ0n) is 10.6. The summed E-state index contributed by atoms with van der Waals surface area (Å²) in [5, 5.41) is 3.60.